The number of benzene rings is 2. The molecule has 1 aromatic heterocycles. The first kappa shape index (κ1) is 24.4. The van der Waals surface area contributed by atoms with E-state index in [1.54, 1.807) is 31.2 Å². The lowest BCUT2D eigenvalue weighted by atomic mass is 9.87. The lowest BCUT2D eigenvalue weighted by Crippen LogP contribution is -2.55. The number of alkyl halides is 3. The third-order valence-electron chi connectivity index (χ3n) is 5.11. The van der Waals surface area contributed by atoms with E-state index >= 15 is 4.39 Å². The Balaban J connectivity index is 2.29. The highest BCUT2D eigenvalue weighted by molar-refractivity contribution is 7.98. The van der Waals surface area contributed by atoms with E-state index in [0.717, 1.165) is 17.5 Å². The molecule has 2 atom stereocenters. The molecule has 3 aromatic rings. The van der Waals surface area contributed by atoms with Crippen molar-refractivity contribution in [2.24, 2.45) is 0 Å². The minimum absolute atomic E-state index is 0.178. The number of aryl methyl sites for hydroxylation is 1. The molecule has 10 heteroatoms. The Bertz CT molecular complexity index is 1130. The quantitative estimate of drug-likeness (QED) is 0.390. The molecule has 0 spiro atoms. The summed E-state index contributed by atoms with van der Waals surface area (Å²) in [6, 6.07) is 8.74. The standard InChI is InChI=1S/C22H21ClF4N2O2S/c1-12-7-8-13-15(28-12)5-4-6-16(13)29-20(21(30,11-32-3)22(25,26)27)18-17(31-2)10-9-14(23)19(18)24/h4-10,20,29-30H,11H2,1-3H3. The Kier molecular flexibility index (Phi) is 7.12. The van der Waals surface area contributed by atoms with Crippen LogP contribution in [0.15, 0.2) is 42.5 Å². The molecule has 0 aliphatic heterocycles. The van der Waals surface area contributed by atoms with E-state index < -0.39 is 40.0 Å². The van der Waals surface area contributed by atoms with Crippen LogP contribution in [-0.2, 0) is 0 Å². The van der Waals surface area contributed by atoms with Gasteiger partial charge in [-0.25, -0.2) is 4.39 Å². The predicted octanol–water partition coefficient (Wildman–Crippen LogP) is 6.15. The number of anilines is 1. The molecule has 2 aromatic carbocycles. The van der Waals surface area contributed by atoms with E-state index in [2.05, 4.69) is 10.3 Å². The fraction of sp³-hybridized carbons (Fsp3) is 0.318. The van der Waals surface area contributed by atoms with Crippen molar-refractivity contribution in [2.75, 3.05) is 24.4 Å². The van der Waals surface area contributed by atoms with Crippen molar-refractivity contribution in [3.05, 3.63) is 64.6 Å². The first-order chi connectivity index (χ1) is 15.0. The maximum Gasteiger partial charge on any atom is 0.420 e. The Labute approximate surface area is 191 Å². The number of aromatic nitrogens is 1. The Morgan fingerprint density at radius 2 is 1.91 bits per heavy atom. The topological polar surface area (TPSA) is 54.4 Å². The average Bonchev–Trinajstić information content (AvgIpc) is 2.73. The summed E-state index contributed by atoms with van der Waals surface area (Å²) >= 11 is 6.69. The minimum Gasteiger partial charge on any atom is -0.496 e. The zero-order chi connectivity index (χ0) is 23.7. The van der Waals surface area contributed by atoms with Gasteiger partial charge in [-0.2, -0.15) is 24.9 Å². The smallest absolute Gasteiger partial charge is 0.420 e. The summed E-state index contributed by atoms with van der Waals surface area (Å²) in [6.07, 6.45) is -3.68. The summed E-state index contributed by atoms with van der Waals surface area (Å²) in [5, 5.41) is 13.8. The van der Waals surface area contributed by atoms with Crippen LogP contribution in [0, 0.1) is 12.7 Å². The summed E-state index contributed by atoms with van der Waals surface area (Å²) in [7, 11) is 1.20. The number of ether oxygens (including phenoxy) is 1. The van der Waals surface area contributed by atoms with Crippen LogP contribution in [-0.4, -0.2) is 41.0 Å². The molecule has 0 aliphatic rings. The van der Waals surface area contributed by atoms with Crippen LogP contribution in [0.1, 0.15) is 17.3 Å². The molecule has 2 unspecified atom stereocenters. The fourth-order valence-corrected chi connectivity index (χ4v) is 4.45. The monoisotopic (exact) mass is 488 g/mol. The zero-order valence-corrected chi connectivity index (χ0v) is 19.0. The number of pyridine rings is 1. The normalized spacial score (nSPS) is 14.8. The molecule has 4 nitrogen and oxygen atoms in total. The number of nitrogens with one attached hydrogen (secondary N) is 1. The number of hydrogen-bond donors (Lipinski definition) is 2. The number of methoxy groups -OCH3 is 1. The average molecular weight is 489 g/mol. The van der Waals surface area contributed by atoms with Crippen LogP contribution >= 0.6 is 23.4 Å². The maximum absolute atomic E-state index is 15.2. The number of halogens is 5. The van der Waals surface area contributed by atoms with Gasteiger partial charge in [0.25, 0.3) is 0 Å². The second kappa shape index (κ2) is 9.33. The van der Waals surface area contributed by atoms with E-state index in [0.29, 0.717) is 10.9 Å². The van der Waals surface area contributed by atoms with E-state index in [-0.39, 0.29) is 11.4 Å². The molecule has 0 aliphatic carbocycles. The molecular weight excluding hydrogens is 468 g/mol. The van der Waals surface area contributed by atoms with Gasteiger partial charge in [-0.3, -0.25) is 4.98 Å². The van der Waals surface area contributed by atoms with Crippen LogP contribution < -0.4 is 10.1 Å². The van der Waals surface area contributed by atoms with Crippen molar-refractivity contribution in [3.63, 3.8) is 0 Å². The first-order valence-corrected chi connectivity index (χ1v) is 11.2. The zero-order valence-electron chi connectivity index (χ0n) is 17.4. The number of rotatable bonds is 7. The Morgan fingerprint density at radius 1 is 1.19 bits per heavy atom. The van der Waals surface area contributed by atoms with E-state index in [1.807, 2.05) is 0 Å². The first-order valence-electron chi connectivity index (χ1n) is 9.46. The highest BCUT2D eigenvalue weighted by Crippen LogP contribution is 2.47. The molecule has 172 valence electrons. The van der Waals surface area contributed by atoms with Crippen LogP contribution in [0.3, 0.4) is 0 Å². The van der Waals surface area contributed by atoms with Gasteiger partial charge in [0.1, 0.15) is 5.75 Å². The van der Waals surface area contributed by atoms with Crippen LogP contribution in [0.5, 0.6) is 5.75 Å². The van der Waals surface area contributed by atoms with Gasteiger partial charge in [-0.05, 0) is 49.6 Å². The van der Waals surface area contributed by atoms with Crippen molar-refractivity contribution in [2.45, 2.75) is 24.7 Å². The van der Waals surface area contributed by atoms with Gasteiger partial charge in [0.2, 0.25) is 0 Å². The highest BCUT2D eigenvalue weighted by atomic mass is 35.5. The predicted molar refractivity (Wildman–Crippen MR) is 120 cm³/mol. The van der Waals surface area contributed by atoms with Gasteiger partial charge < -0.3 is 15.2 Å². The van der Waals surface area contributed by atoms with Crippen molar-refractivity contribution in [1.82, 2.24) is 4.98 Å². The Morgan fingerprint density at radius 3 is 2.53 bits per heavy atom. The molecule has 0 saturated carbocycles. The lowest BCUT2D eigenvalue weighted by molar-refractivity contribution is -0.256. The summed E-state index contributed by atoms with van der Waals surface area (Å²) in [4.78, 5) is 4.38. The number of hydrogen-bond acceptors (Lipinski definition) is 5. The summed E-state index contributed by atoms with van der Waals surface area (Å²) in [6.45, 7) is 1.79. The second-order valence-corrected chi connectivity index (χ2v) is 8.51. The van der Waals surface area contributed by atoms with Crippen molar-refractivity contribution in [1.29, 1.82) is 0 Å². The van der Waals surface area contributed by atoms with E-state index in [9.17, 15) is 18.3 Å². The van der Waals surface area contributed by atoms with E-state index in [4.69, 9.17) is 16.3 Å². The molecule has 0 saturated heterocycles. The largest absolute Gasteiger partial charge is 0.496 e. The number of fused-ring (bicyclic) bond motifs is 1. The molecule has 32 heavy (non-hydrogen) atoms. The summed E-state index contributed by atoms with van der Waals surface area (Å²) in [5.74, 6) is -2.05. The molecule has 1 heterocycles. The number of thioether (sulfide) groups is 1. The van der Waals surface area contributed by atoms with Crippen molar-refractivity contribution >= 4 is 40.0 Å². The third-order valence-corrected chi connectivity index (χ3v) is 6.13. The minimum atomic E-state index is -5.10. The van der Waals surface area contributed by atoms with E-state index in [1.165, 1.54) is 31.6 Å². The van der Waals surface area contributed by atoms with Gasteiger partial charge in [0.15, 0.2) is 11.4 Å². The lowest BCUT2D eigenvalue weighted by Gasteiger charge is -2.39. The van der Waals surface area contributed by atoms with Gasteiger partial charge in [0.05, 0.1) is 29.3 Å². The van der Waals surface area contributed by atoms with Gasteiger partial charge >= 0.3 is 6.18 Å². The molecule has 2 N–H and O–H groups in total. The SMILES string of the molecule is COc1ccc(Cl)c(F)c1C(Nc1cccc2nc(C)ccc12)C(O)(CSC)C(F)(F)F. The van der Waals surface area contributed by atoms with Gasteiger partial charge in [-0.15, -0.1) is 0 Å². The molecule has 0 fully saturated rings. The van der Waals surface area contributed by atoms with Crippen LogP contribution in [0.25, 0.3) is 10.9 Å². The second-order valence-electron chi connectivity index (χ2n) is 7.23. The number of aliphatic hydroxyl groups is 1. The molecular formula is C22H21ClF4N2O2S. The van der Waals surface area contributed by atoms with Crippen LogP contribution in [0.4, 0.5) is 23.2 Å². The number of nitrogens with zero attached hydrogens (tertiary/aromatic N) is 1. The highest BCUT2D eigenvalue weighted by Gasteiger charge is 2.60. The molecule has 0 bridgehead atoms. The maximum atomic E-state index is 15.2. The Hall–Kier alpha value is -2.23. The van der Waals surface area contributed by atoms with Gasteiger partial charge in [-0.1, -0.05) is 17.7 Å². The van der Waals surface area contributed by atoms with Crippen LogP contribution in [0.2, 0.25) is 5.02 Å². The molecule has 0 amide bonds. The van der Waals surface area contributed by atoms with Crippen molar-refractivity contribution < 1.29 is 27.4 Å². The molecule has 0 radical (unpaired) electrons. The third kappa shape index (κ3) is 4.46. The van der Waals surface area contributed by atoms with Crippen molar-refractivity contribution in [3.8, 4) is 5.75 Å². The fourth-order valence-electron chi connectivity index (χ4n) is 3.51. The summed E-state index contributed by atoms with van der Waals surface area (Å²) in [5.41, 5.74) is -2.38. The molecule has 3 rings (SSSR count). The summed E-state index contributed by atoms with van der Waals surface area (Å²) < 4.78 is 63.1. The van der Waals surface area contributed by atoms with Gasteiger partial charge in [0, 0.05) is 22.5 Å².